The fourth-order valence-corrected chi connectivity index (χ4v) is 3.01. The summed E-state index contributed by atoms with van der Waals surface area (Å²) in [6.45, 7) is 6.30. The van der Waals surface area contributed by atoms with E-state index >= 15 is 0 Å². The quantitative estimate of drug-likeness (QED) is 0.677. The first-order valence-corrected chi connectivity index (χ1v) is 8.36. The SMILES string of the molecule is CCCNC(c1cc(Br)ccc1Br)C(C)CCOC. The van der Waals surface area contributed by atoms with Crippen LogP contribution in [0, 0.1) is 5.92 Å². The molecule has 0 spiro atoms. The van der Waals surface area contributed by atoms with E-state index in [1.807, 2.05) is 0 Å². The van der Waals surface area contributed by atoms with Gasteiger partial charge < -0.3 is 10.1 Å². The molecule has 0 bridgehead atoms. The highest BCUT2D eigenvalue weighted by atomic mass is 79.9. The average Bonchev–Trinajstić information content (AvgIpc) is 2.40. The summed E-state index contributed by atoms with van der Waals surface area (Å²) >= 11 is 7.23. The van der Waals surface area contributed by atoms with Gasteiger partial charge in [-0.3, -0.25) is 0 Å². The first kappa shape index (κ1) is 17.2. The van der Waals surface area contributed by atoms with Crippen molar-refractivity contribution < 1.29 is 4.74 Å². The normalized spacial score (nSPS) is 14.4. The molecule has 1 N–H and O–H groups in total. The maximum Gasteiger partial charge on any atom is 0.0465 e. The maximum absolute atomic E-state index is 5.21. The second kappa shape index (κ2) is 9.11. The highest BCUT2D eigenvalue weighted by Crippen LogP contribution is 2.32. The zero-order chi connectivity index (χ0) is 14.3. The molecule has 0 aliphatic rings. The van der Waals surface area contributed by atoms with Crippen molar-refractivity contribution in [1.29, 1.82) is 0 Å². The summed E-state index contributed by atoms with van der Waals surface area (Å²) in [4.78, 5) is 0. The fourth-order valence-electron chi connectivity index (χ4n) is 2.14. The monoisotopic (exact) mass is 391 g/mol. The van der Waals surface area contributed by atoms with Crippen molar-refractivity contribution in [3.05, 3.63) is 32.7 Å². The summed E-state index contributed by atoms with van der Waals surface area (Å²) in [7, 11) is 1.76. The van der Waals surface area contributed by atoms with Crippen LogP contribution >= 0.6 is 31.9 Å². The number of hydrogen-bond acceptors (Lipinski definition) is 2. The lowest BCUT2D eigenvalue weighted by Gasteiger charge is -2.27. The van der Waals surface area contributed by atoms with Crippen molar-refractivity contribution in [3.8, 4) is 0 Å². The van der Waals surface area contributed by atoms with E-state index in [-0.39, 0.29) is 0 Å². The second-order valence-corrected chi connectivity index (χ2v) is 6.63. The van der Waals surface area contributed by atoms with Crippen LogP contribution in [-0.2, 0) is 4.74 Å². The number of nitrogens with one attached hydrogen (secondary N) is 1. The van der Waals surface area contributed by atoms with Crippen molar-refractivity contribution in [1.82, 2.24) is 5.32 Å². The third-order valence-corrected chi connectivity index (χ3v) is 4.47. The minimum atomic E-state index is 0.349. The summed E-state index contributed by atoms with van der Waals surface area (Å²) in [5, 5.41) is 3.66. The van der Waals surface area contributed by atoms with Gasteiger partial charge in [0.2, 0.25) is 0 Å². The molecule has 0 saturated carbocycles. The van der Waals surface area contributed by atoms with E-state index in [9.17, 15) is 0 Å². The van der Waals surface area contributed by atoms with Gasteiger partial charge in [-0.1, -0.05) is 45.7 Å². The Hall–Kier alpha value is 0.1000. The summed E-state index contributed by atoms with van der Waals surface area (Å²) in [6, 6.07) is 6.70. The zero-order valence-electron chi connectivity index (χ0n) is 11.9. The van der Waals surface area contributed by atoms with Crippen molar-refractivity contribution in [2.24, 2.45) is 5.92 Å². The fraction of sp³-hybridized carbons (Fsp3) is 0.600. The molecule has 0 fully saturated rings. The molecular formula is C15H23Br2NO. The van der Waals surface area contributed by atoms with Crippen molar-refractivity contribution >= 4 is 31.9 Å². The van der Waals surface area contributed by atoms with E-state index in [0.29, 0.717) is 12.0 Å². The van der Waals surface area contributed by atoms with Crippen LogP contribution in [0.2, 0.25) is 0 Å². The number of rotatable bonds is 8. The third-order valence-electron chi connectivity index (χ3n) is 3.25. The highest BCUT2D eigenvalue weighted by molar-refractivity contribution is 9.11. The Morgan fingerprint density at radius 2 is 2.05 bits per heavy atom. The lowest BCUT2D eigenvalue weighted by atomic mass is 9.92. The van der Waals surface area contributed by atoms with Gasteiger partial charge in [0.15, 0.2) is 0 Å². The van der Waals surface area contributed by atoms with Gasteiger partial charge in [-0.15, -0.1) is 0 Å². The number of benzene rings is 1. The largest absolute Gasteiger partial charge is 0.385 e. The van der Waals surface area contributed by atoms with Crippen molar-refractivity contribution in [2.45, 2.75) is 32.7 Å². The van der Waals surface area contributed by atoms with Gasteiger partial charge >= 0.3 is 0 Å². The van der Waals surface area contributed by atoms with E-state index < -0.39 is 0 Å². The Morgan fingerprint density at radius 1 is 1.32 bits per heavy atom. The average molecular weight is 393 g/mol. The lowest BCUT2D eigenvalue weighted by molar-refractivity contribution is 0.170. The molecule has 0 aliphatic carbocycles. The van der Waals surface area contributed by atoms with Crippen molar-refractivity contribution in [3.63, 3.8) is 0 Å². The molecular weight excluding hydrogens is 370 g/mol. The summed E-state index contributed by atoms with van der Waals surface area (Å²) in [5.74, 6) is 0.525. The number of halogens is 2. The van der Waals surface area contributed by atoms with Gasteiger partial charge in [0.25, 0.3) is 0 Å². The van der Waals surface area contributed by atoms with Gasteiger partial charge in [-0.25, -0.2) is 0 Å². The number of methoxy groups -OCH3 is 1. The molecule has 0 heterocycles. The summed E-state index contributed by atoms with van der Waals surface area (Å²) in [5.41, 5.74) is 1.31. The smallest absolute Gasteiger partial charge is 0.0465 e. The first-order valence-electron chi connectivity index (χ1n) is 6.77. The highest BCUT2D eigenvalue weighted by Gasteiger charge is 2.20. The van der Waals surface area contributed by atoms with E-state index in [1.165, 1.54) is 5.56 Å². The van der Waals surface area contributed by atoms with Gasteiger partial charge in [-0.05, 0) is 49.1 Å². The van der Waals surface area contributed by atoms with Crippen LogP contribution in [0.3, 0.4) is 0 Å². The zero-order valence-corrected chi connectivity index (χ0v) is 15.1. The summed E-state index contributed by atoms with van der Waals surface area (Å²) in [6.07, 6.45) is 2.19. The molecule has 0 aliphatic heterocycles. The molecule has 0 radical (unpaired) electrons. The molecule has 0 saturated heterocycles. The van der Waals surface area contributed by atoms with Crippen LogP contribution in [0.25, 0.3) is 0 Å². The van der Waals surface area contributed by atoms with Gasteiger partial charge in [-0.2, -0.15) is 0 Å². The first-order chi connectivity index (χ1) is 9.10. The van der Waals surface area contributed by atoms with E-state index in [0.717, 1.165) is 34.9 Å². The van der Waals surface area contributed by atoms with Crippen LogP contribution in [0.5, 0.6) is 0 Å². The Labute approximate surface area is 133 Å². The summed E-state index contributed by atoms with van der Waals surface area (Å²) < 4.78 is 7.49. The molecule has 2 unspecified atom stereocenters. The molecule has 19 heavy (non-hydrogen) atoms. The van der Waals surface area contributed by atoms with Gasteiger partial charge in [0.05, 0.1) is 0 Å². The second-order valence-electron chi connectivity index (χ2n) is 4.86. The van der Waals surface area contributed by atoms with Crippen molar-refractivity contribution in [2.75, 3.05) is 20.3 Å². The van der Waals surface area contributed by atoms with Gasteiger partial charge in [0.1, 0.15) is 0 Å². The van der Waals surface area contributed by atoms with Crippen LogP contribution in [-0.4, -0.2) is 20.3 Å². The lowest BCUT2D eigenvalue weighted by Crippen LogP contribution is -2.28. The predicted octanol–water partition coefficient (Wildman–Crippen LogP) is 4.92. The van der Waals surface area contributed by atoms with Crippen LogP contribution in [0.15, 0.2) is 27.1 Å². The Bertz CT molecular complexity index is 384. The third kappa shape index (κ3) is 5.54. The minimum absolute atomic E-state index is 0.349. The Balaban J connectivity index is 2.91. The standard InChI is InChI=1S/C15H23Br2NO/c1-4-8-18-15(11(2)7-9-19-3)13-10-12(16)5-6-14(13)17/h5-6,10-11,15,18H,4,7-9H2,1-3H3. The maximum atomic E-state index is 5.21. The van der Waals surface area contributed by atoms with Crippen LogP contribution < -0.4 is 5.32 Å². The molecule has 2 nitrogen and oxygen atoms in total. The van der Waals surface area contributed by atoms with E-state index in [1.54, 1.807) is 7.11 Å². The van der Waals surface area contributed by atoms with Crippen LogP contribution in [0.1, 0.15) is 38.3 Å². The molecule has 1 aromatic carbocycles. The topological polar surface area (TPSA) is 21.3 Å². The van der Waals surface area contributed by atoms with E-state index in [4.69, 9.17) is 4.74 Å². The Kier molecular flexibility index (Phi) is 8.23. The molecule has 108 valence electrons. The van der Waals surface area contributed by atoms with Gasteiger partial charge in [0, 0.05) is 28.7 Å². The van der Waals surface area contributed by atoms with Crippen LogP contribution in [0.4, 0.5) is 0 Å². The number of hydrogen-bond donors (Lipinski definition) is 1. The van der Waals surface area contributed by atoms with E-state index in [2.05, 4.69) is 69.2 Å². The molecule has 1 rings (SSSR count). The number of ether oxygens (including phenoxy) is 1. The molecule has 4 heteroatoms. The molecule has 0 amide bonds. The minimum Gasteiger partial charge on any atom is -0.385 e. The molecule has 1 aromatic rings. The molecule has 0 aromatic heterocycles. The molecule has 2 atom stereocenters. The predicted molar refractivity (Wildman–Crippen MR) is 88.5 cm³/mol. The Morgan fingerprint density at radius 3 is 2.68 bits per heavy atom.